The van der Waals surface area contributed by atoms with Crippen LogP contribution >= 0.6 is 0 Å². The molecule has 0 heteroatoms. The van der Waals surface area contributed by atoms with Gasteiger partial charge >= 0.3 is 0 Å². The molecular formula is C30H50. The fourth-order valence-electron chi connectivity index (χ4n) is 9.74. The maximum absolute atomic E-state index is 2.82. The molecule has 4 rings (SSSR count). The first-order valence-corrected chi connectivity index (χ1v) is 13.4. The van der Waals surface area contributed by atoms with Gasteiger partial charge in [0.2, 0.25) is 0 Å². The SMILES string of the molecule is CC(C)=CC[C@H]1[C@H](C)[C@H]2CC[C@@H](C)C13CC=C1C(C)(C)CCC[C@]1(C)[C@H]3CC[C@H]2C. The molecule has 0 aromatic rings. The smallest absolute Gasteiger partial charge is 0.00772 e. The third-order valence-corrected chi connectivity index (χ3v) is 11.2. The molecule has 30 heavy (non-hydrogen) atoms. The highest BCUT2D eigenvalue weighted by atomic mass is 14.7. The van der Waals surface area contributed by atoms with E-state index in [4.69, 9.17) is 0 Å². The van der Waals surface area contributed by atoms with Crippen molar-refractivity contribution in [2.75, 3.05) is 0 Å². The van der Waals surface area contributed by atoms with Crippen molar-refractivity contribution in [2.45, 2.75) is 113 Å². The Hall–Kier alpha value is -0.520. The highest BCUT2D eigenvalue weighted by Gasteiger charge is 2.62. The molecule has 0 saturated heterocycles. The van der Waals surface area contributed by atoms with Crippen LogP contribution in [0.5, 0.6) is 0 Å². The number of hydrogen-bond donors (Lipinski definition) is 0. The molecule has 1 unspecified atom stereocenters. The Morgan fingerprint density at radius 2 is 1.73 bits per heavy atom. The molecule has 3 fully saturated rings. The third-order valence-electron chi connectivity index (χ3n) is 11.2. The first-order valence-electron chi connectivity index (χ1n) is 13.4. The van der Waals surface area contributed by atoms with Crippen molar-refractivity contribution in [3.63, 3.8) is 0 Å². The van der Waals surface area contributed by atoms with E-state index in [2.05, 4.69) is 67.5 Å². The zero-order chi connectivity index (χ0) is 21.9. The maximum Gasteiger partial charge on any atom is -0.00772 e. The van der Waals surface area contributed by atoms with Gasteiger partial charge in [0, 0.05) is 0 Å². The molecule has 4 aliphatic rings. The van der Waals surface area contributed by atoms with E-state index in [1.54, 1.807) is 0 Å². The lowest BCUT2D eigenvalue weighted by Gasteiger charge is -2.64. The van der Waals surface area contributed by atoms with E-state index in [-0.39, 0.29) is 0 Å². The normalized spacial score (nSPS) is 47.8. The van der Waals surface area contributed by atoms with Crippen LogP contribution in [0.25, 0.3) is 0 Å². The topological polar surface area (TPSA) is 0 Å². The van der Waals surface area contributed by atoms with Gasteiger partial charge in [-0.05, 0) is 111 Å². The highest BCUT2D eigenvalue weighted by molar-refractivity contribution is 5.31. The molecule has 0 heterocycles. The van der Waals surface area contributed by atoms with E-state index in [1.165, 1.54) is 63.4 Å². The van der Waals surface area contributed by atoms with E-state index in [1.807, 2.05) is 5.57 Å². The quantitative estimate of drug-likeness (QED) is 0.398. The Bertz CT molecular complexity index is 704. The van der Waals surface area contributed by atoms with Crippen molar-refractivity contribution in [1.29, 1.82) is 0 Å². The molecular weight excluding hydrogens is 360 g/mol. The Morgan fingerprint density at radius 3 is 2.43 bits per heavy atom. The summed E-state index contributed by atoms with van der Waals surface area (Å²) in [6, 6.07) is 0. The summed E-state index contributed by atoms with van der Waals surface area (Å²) in [5.74, 6) is 5.27. The summed E-state index contributed by atoms with van der Waals surface area (Å²) >= 11 is 0. The summed E-state index contributed by atoms with van der Waals surface area (Å²) < 4.78 is 0. The van der Waals surface area contributed by atoms with Gasteiger partial charge < -0.3 is 0 Å². The molecule has 0 aromatic carbocycles. The van der Waals surface area contributed by atoms with Gasteiger partial charge in [0.15, 0.2) is 0 Å². The minimum atomic E-state index is 0.403. The summed E-state index contributed by atoms with van der Waals surface area (Å²) in [5, 5.41) is 0. The Kier molecular flexibility index (Phi) is 5.90. The van der Waals surface area contributed by atoms with E-state index in [9.17, 15) is 0 Å². The Labute approximate surface area is 188 Å². The van der Waals surface area contributed by atoms with Gasteiger partial charge in [-0.15, -0.1) is 0 Å². The van der Waals surface area contributed by atoms with Gasteiger partial charge in [-0.3, -0.25) is 0 Å². The van der Waals surface area contributed by atoms with Crippen molar-refractivity contribution < 1.29 is 0 Å². The zero-order valence-electron chi connectivity index (χ0n) is 21.5. The monoisotopic (exact) mass is 410 g/mol. The van der Waals surface area contributed by atoms with E-state index in [0.717, 1.165) is 35.5 Å². The molecule has 1 spiro atoms. The third kappa shape index (κ3) is 3.29. The predicted octanol–water partition coefficient (Wildman–Crippen LogP) is 9.22. The number of rotatable bonds is 2. The second-order valence-corrected chi connectivity index (χ2v) is 13.3. The van der Waals surface area contributed by atoms with Gasteiger partial charge in [0.05, 0.1) is 0 Å². The summed E-state index contributed by atoms with van der Waals surface area (Å²) in [7, 11) is 0. The predicted molar refractivity (Wildman–Crippen MR) is 131 cm³/mol. The van der Waals surface area contributed by atoms with Crippen LogP contribution in [0.15, 0.2) is 23.3 Å². The molecule has 4 aliphatic carbocycles. The summed E-state index contributed by atoms with van der Waals surface area (Å²) in [6.07, 6.45) is 18.2. The summed E-state index contributed by atoms with van der Waals surface area (Å²) in [5.41, 5.74) is 4.70. The molecule has 170 valence electrons. The molecule has 0 radical (unpaired) electrons. The lowest BCUT2D eigenvalue weighted by Crippen LogP contribution is -2.56. The van der Waals surface area contributed by atoms with Gasteiger partial charge in [0.1, 0.15) is 0 Å². The molecule has 2 bridgehead atoms. The Morgan fingerprint density at radius 1 is 1.00 bits per heavy atom. The Balaban J connectivity index is 1.91. The second kappa shape index (κ2) is 7.81. The average molecular weight is 411 g/mol. The number of hydrogen-bond acceptors (Lipinski definition) is 0. The van der Waals surface area contributed by atoms with E-state index in [0.29, 0.717) is 16.2 Å². The zero-order valence-corrected chi connectivity index (χ0v) is 21.5. The molecule has 0 aromatic heterocycles. The largest absolute Gasteiger partial charge is 0.0856 e. The first-order chi connectivity index (χ1) is 14.0. The lowest BCUT2D eigenvalue weighted by atomic mass is 9.40. The van der Waals surface area contributed by atoms with Crippen molar-refractivity contribution in [1.82, 2.24) is 0 Å². The van der Waals surface area contributed by atoms with Crippen LogP contribution in [0.3, 0.4) is 0 Å². The van der Waals surface area contributed by atoms with E-state index >= 15 is 0 Å². The first kappa shape index (κ1) is 22.7. The maximum atomic E-state index is 2.82. The fourth-order valence-corrected chi connectivity index (χ4v) is 9.74. The molecule has 8 atom stereocenters. The molecule has 0 amide bonds. The van der Waals surface area contributed by atoms with Crippen LogP contribution in [0.4, 0.5) is 0 Å². The van der Waals surface area contributed by atoms with Crippen LogP contribution in [-0.2, 0) is 0 Å². The molecule has 0 nitrogen and oxygen atoms in total. The summed E-state index contributed by atoms with van der Waals surface area (Å²) in [6.45, 7) is 20.4. The van der Waals surface area contributed by atoms with Crippen molar-refractivity contribution in [3.05, 3.63) is 23.3 Å². The van der Waals surface area contributed by atoms with Crippen LogP contribution < -0.4 is 0 Å². The van der Waals surface area contributed by atoms with Gasteiger partial charge in [-0.1, -0.05) is 77.7 Å². The average Bonchev–Trinajstić information content (AvgIpc) is 2.70. The standard InChI is InChI=1S/C30H50/c1-20(2)10-14-25-23(5)24-13-12-22(4)30(25)19-16-26-28(6,7)17-9-18-29(26,8)27(30)15-11-21(24)3/h10,16,21-25,27H,9,11-15,17-19H2,1-8H3/t21-,22-,23-,24+,25+,27-,29+,30?/m1/s1. The molecule has 3 saturated carbocycles. The van der Waals surface area contributed by atoms with Crippen LogP contribution in [0.2, 0.25) is 0 Å². The minimum absolute atomic E-state index is 0.403. The van der Waals surface area contributed by atoms with Gasteiger partial charge in [-0.25, -0.2) is 0 Å². The number of allylic oxidation sites excluding steroid dienone is 4. The van der Waals surface area contributed by atoms with Gasteiger partial charge in [0.25, 0.3) is 0 Å². The molecule has 0 aliphatic heterocycles. The van der Waals surface area contributed by atoms with Crippen molar-refractivity contribution >= 4 is 0 Å². The molecule has 0 N–H and O–H groups in total. The van der Waals surface area contributed by atoms with Crippen molar-refractivity contribution in [3.8, 4) is 0 Å². The van der Waals surface area contributed by atoms with Crippen LogP contribution in [0.1, 0.15) is 113 Å². The number of fused-ring (bicyclic) bond motifs is 4. The van der Waals surface area contributed by atoms with Gasteiger partial charge in [-0.2, -0.15) is 0 Å². The van der Waals surface area contributed by atoms with Crippen molar-refractivity contribution in [2.24, 2.45) is 51.8 Å². The second-order valence-electron chi connectivity index (χ2n) is 13.3. The van der Waals surface area contributed by atoms with Crippen LogP contribution in [0, 0.1) is 51.8 Å². The summed E-state index contributed by atoms with van der Waals surface area (Å²) in [4.78, 5) is 0. The minimum Gasteiger partial charge on any atom is -0.0856 e. The highest BCUT2D eigenvalue weighted by Crippen LogP contribution is 2.70. The lowest BCUT2D eigenvalue weighted by molar-refractivity contribution is -0.101. The van der Waals surface area contributed by atoms with Crippen LogP contribution in [-0.4, -0.2) is 0 Å². The fraction of sp³-hybridized carbons (Fsp3) is 0.867. The van der Waals surface area contributed by atoms with E-state index < -0.39 is 0 Å².